The molecular weight excluding hydrogens is 303 g/mol. The first-order chi connectivity index (χ1) is 10.5. The highest BCUT2D eigenvalue weighted by Crippen LogP contribution is 2.21. The van der Waals surface area contributed by atoms with Gasteiger partial charge in [-0.3, -0.25) is 0 Å². The van der Waals surface area contributed by atoms with Crippen LogP contribution in [0.1, 0.15) is 6.92 Å². The summed E-state index contributed by atoms with van der Waals surface area (Å²) < 4.78 is 15.1. The predicted octanol–water partition coefficient (Wildman–Crippen LogP) is 3.23. The highest BCUT2D eigenvalue weighted by molar-refractivity contribution is 7.98. The first-order valence-electron chi connectivity index (χ1n) is 6.85. The van der Waals surface area contributed by atoms with Crippen LogP contribution in [0.3, 0.4) is 0 Å². The molecule has 0 aliphatic heterocycles. The van der Waals surface area contributed by atoms with E-state index < -0.39 is 5.82 Å². The number of anilines is 1. The number of carbonyl (C=O) groups excluding carboxylic acids is 1. The van der Waals surface area contributed by atoms with Crippen LogP contribution in [0.15, 0.2) is 36.7 Å². The summed E-state index contributed by atoms with van der Waals surface area (Å²) in [6, 6.07) is 5.79. The molecule has 118 valence electrons. The third-order valence-electron chi connectivity index (χ3n) is 3.34. The highest BCUT2D eigenvalue weighted by atomic mass is 32.2. The molecule has 0 aliphatic rings. The molecule has 22 heavy (non-hydrogen) atoms. The van der Waals surface area contributed by atoms with Gasteiger partial charge in [0, 0.05) is 31.2 Å². The number of thioether (sulfide) groups is 1. The summed E-state index contributed by atoms with van der Waals surface area (Å²) in [5, 5.41) is 6.88. The van der Waals surface area contributed by atoms with Crippen LogP contribution < -0.4 is 5.32 Å². The van der Waals surface area contributed by atoms with Crippen molar-refractivity contribution >= 4 is 23.5 Å². The number of carbonyl (C=O) groups is 1. The van der Waals surface area contributed by atoms with Crippen molar-refractivity contribution in [3.8, 4) is 5.69 Å². The van der Waals surface area contributed by atoms with Gasteiger partial charge < -0.3 is 10.2 Å². The van der Waals surface area contributed by atoms with Crippen LogP contribution in [0.2, 0.25) is 0 Å². The maximum absolute atomic E-state index is 13.5. The largest absolute Gasteiger partial charge is 0.324 e. The summed E-state index contributed by atoms with van der Waals surface area (Å²) in [7, 11) is 1.73. The first kappa shape index (κ1) is 16.4. The number of hydrogen-bond acceptors (Lipinski definition) is 3. The lowest BCUT2D eigenvalue weighted by Gasteiger charge is -2.25. The minimum absolute atomic E-state index is 0.0803. The van der Waals surface area contributed by atoms with Crippen molar-refractivity contribution in [1.82, 2.24) is 14.7 Å². The van der Waals surface area contributed by atoms with Gasteiger partial charge in [0.05, 0.1) is 11.4 Å². The first-order valence-corrected chi connectivity index (χ1v) is 8.24. The van der Waals surface area contributed by atoms with Crippen LogP contribution in [0, 0.1) is 5.82 Å². The van der Waals surface area contributed by atoms with Crippen LogP contribution in [0.4, 0.5) is 14.9 Å². The van der Waals surface area contributed by atoms with E-state index >= 15 is 0 Å². The molecule has 1 unspecified atom stereocenters. The third-order valence-corrected chi connectivity index (χ3v) is 4.16. The summed E-state index contributed by atoms with van der Waals surface area (Å²) in [5.74, 6) is 0.421. The molecule has 2 aromatic rings. The zero-order valence-electron chi connectivity index (χ0n) is 12.8. The van der Waals surface area contributed by atoms with E-state index in [-0.39, 0.29) is 12.1 Å². The van der Waals surface area contributed by atoms with Gasteiger partial charge in [0.2, 0.25) is 0 Å². The Kier molecular flexibility index (Phi) is 5.43. The second kappa shape index (κ2) is 7.31. The molecule has 0 bridgehead atoms. The zero-order chi connectivity index (χ0) is 16.1. The number of rotatable bonds is 5. The number of amides is 2. The van der Waals surface area contributed by atoms with Crippen LogP contribution in [0.25, 0.3) is 5.69 Å². The number of halogens is 1. The molecule has 2 rings (SSSR count). The molecule has 7 heteroatoms. The quantitative estimate of drug-likeness (QED) is 0.919. The number of urea groups is 1. The van der Waals surface area contributed by atoms with Crippen LogP contribution in [-0.4, -0.2) is 45.8 Å². The second-order valence-electron chi connectivity index (χ2n) is 4.96. The van der Waals surface area contributed by atoms with Crippen molar-refractivity contribution < 1.29 is 9.18 Å². The molecule has 1 N–H and O–H groups in total. The molecule has 0 saturated carbocycles. The number of aromatic nitrogens is 2. The Bertz CT molecular complexity index is 632. The normalized spacial score (nSPS) is 12.0. The molecule has 0 aliphatic carbocycles. The Morgan fingerprint density at radius 2 is 2.32 bits per heavy atom. The fraction of sp³-hybridized carbons (Fsp3) is 0.333. The van der Waals surface area contributed by atoms with Crippen molar-refractivity contribution in [2.45, 2.75) is 13.0 Å². The van der Waals surface area contributed by atoms with Gasteiger partial charge >= 0.3 is 6.03 Å². The van der Waals surface area contributed by atoms with Gasteiger partial charge in [-0.05, 0) is 37.4 Å². The minimum Gasteiger partial charge on any atom is -0.324 e. The number of benzene rings is 1. The topological polar surface area (TPSA) is 50.2 Å². The van der Waals surface area contributed by atoms with Crippen LogP contribution in [0.5, 0.6) is 0 Å². The van der Waals surface area contributed by atoms with E-state index in [0.29, 0.717) is 11.4 Å². The molecule has 0 radical (unpaired) electrons. The molecule has 5 nitrogen and oxygen atoms in total. The molecular formula is C15H19FN4OS. The summed E-state index contributed by atoms with van der Waals surface area (Å²) in [6.07, 6.45) is 5.36. The van der Waals surface area contributed by atoms with Gasteiger partial charge in [-0.25, -0.2) is 13.9 Å². The molecule has 2 amide bonds. The molecule has 1 atom stereocenters. The SMILES string of the molecule is CSCC(C)N(C)C(=O)Nc1cc(F)ccc1-n1cccn1. The monoisotopic (exact) mass is 322 g/mol. The van der Waals surface area contributed by atoms with E-state index in [1.165, 1.54) is 12.1 Å². The fourth-order valence-corrected chi connectivity index (χ4v) is 2.68. The lowest BCUT2D eigenvalue weighted by atomic mass is 10.2. The van der Waals surface area contributed by atoms with Gasteiger partial charge in [-0.2, -0.15) is 16.9 Å². The van der Waals surface area contributed by atoms with Crippen molar-refractivity contribution in [3.05, 3.63) is 42.5 Å². The lowest BCUT2D eigenvalue weighted by Crippen LogP contribution is -2.39. The van der Waals surface area contributed by atoms with Crippen molar-refractivity contribution in [2.24, 2.45) is 0 Å². The summed E-state index contributed by atoms with van der Waals surface area (Å²) >= 11 is 1.67. The van der Waals surface area contributed by atoms with Gasteiger partial charge in [0.15, 0.2) is 0 Å². The zero-order valence-corrected chi connectivity index (χ0v) is 13.6. The number of nitrogens with zero attached hydrogens (tertiary/aromatic N) is 3. The summed E-state index contributed by atoms with van der Waals surface area (Å²) in [6.45, 7) is 1.97. The van der Waals surface area contributed by atoms with Crippen molar-refractivity contribution in [1.29, 1.82) is 0 Å². The van der Waals surface area contributed by atoms with Crippen molar-refractivity contribution in [2.75, 3.05) is 24.4 Å². The molecule has 1 heterocycles. The molecule has 0 saturated heterocycles. The molecule has 0 fully saturated rings. The van der Waals surface area contributed by atoms with E-state index in [1.807, 2.05) is 13.2 Å². The smallest absolute Gasteiger partial charge is 0.321 e. The Hall–Kier alpha value is -2.02. The standard InChI is InChI=1S/C15H19FN4OS/c1-11(10-22-3)19(2)15(21)18-13-9-12(16)5-6-14(13)20-8-4-7-17-20/h4-9,11H,10H2,1-3H3,(H,18,21). The lowest BCUT2D eigenvalue weighted by molar-refractivity contribution is 0.212. The van der Waals surface area contributed by atoms with Crippen LogP contribution >= 0.6 is 11.8 Å². The van der Waals surface area contributed by atoms with E-state index in [1.54, 1.807) is 52.9 Å². The van der Waals surface area contributed by atoms with E-state index in [2.05, 4.69) is 10.4 Å². The number of nitrogens with one attached hydrogen (secondary N) is 1. The Labute approximate surface area is 133 Å². The summed E-state index contributed by atoms with van der Waals surface area (Å²) in [5.41, 5.74) is 1.00. The van der Waals surface area contributed by atoms with E-state index in [4.69, 9.17) is 0 Å². The molecule has 1 aromatic heterocycles. The maximum atomic E-state index is 13.5. The average Bonchev–Trinajstić information content (AvgIpc) is 3.00. The maximum Gasteiger partial charge on any atom is 0.321 e. The van der Waals surface area contributed by atoms with Crippen LogP contribution in [-0.2, 0) is 0 Å². The highest BCUT2D eigenvalue weighted by Gasteiger charge is 2.17. The molecule has 1 aromatic carbocycles. The number of hydrogen-bond donors (Lipinski definition) is 1. The van der Waals surface area contributed by atoms with Crippen molar-refractivity contribution in [3.63, 3.8) is 0 Å². The fourth-order valence-electron chi connectivity index (χ4n) is 1.98. The average molecular weight is 322 g/mol. The second-order valence-corrected chi connectivity index (χ2v) is 5.87. The molecule has 0 spiro atoms. The van der Waals surface area contributed by atoms with E-state index in [0.717, 1.165) is 5.75 Å². The van der Waals surface area contributed by atoms with E-state index in [9.17, 15) is 9.18 Å². The third kappa shape index (κ3) is 3.79. The Morgan fingerprint density at radius 3 is 2.95 bits per heavy atom. The van der Waals surface area contributed by atoms with Gasteiger partial charge in [-0.15, -0.1) is 0 Å². The Balaban J connectivity index is 2.22. The van der Waals surface area contributed by atoms with Gasteiger partial charge in [-0.1, -0.05) is 0 Å². The van der Waals surface area contributed by atoms with Gasteiger partial charge in [0.1, 0.15) is 5.82 Å². The summed E-state index contributed by atoms with van der Waals surface area (Å²) in [4.78, 5) is 13.9. The Morgan fingerprint density at radius 1 is 1.55 bits per heavy atom. The minimum atomic E-state index is -0.411. The van der Waals surface area contributed by atoms with Gasteiger partial charge in [0.25, 0.3) is 0 Å². The predicted molar refractivity (Wildman–Crippen MR) is 88.1 cm³/mol.